The predicted molar refractivity (Wildman–Crippen MR) is 102 cm³/mol. The lowest BCUT2D eigenvalue weighted by Crippen LogP contribution is -2.30. The van der Waals surface area contributed by atoms with Crippen molar-refractivity contribution >= 4 is 34.4 Å². The molecule has 0 bridgehead atoms. The van der Waals surface area contributed by atoms with E-state index in [1.165, 1.54) is 10.9 Å². The van der Waals surface area contributed by atoms with Crippen LogP contribution < -0.4 is 10.6 Å². The number of anilines is 1. The summed E-state index contributed by atoms with van der Waals surface area (Å²) in [7, 11) is 0. The number of thioether (sulfide) groups is 1. The van der Waals surface area contributed by atoms with Crippen LogP contribution in [0.2, 0.25) is 0 Å². The number of urea groups is 1. The van der Waals surface area contributed by atoms with Crippen molar-refractivity contribution < 1.29 is 4.79 Å². The molecule has 24 heavy (non-hydrogen) atoms. The third kappa shape index (κ3) is 3.92. The summed E-state index contributed by atoms with van der Waals surface area (Å²) >= 11 is 1.62. The zero-order valence-corrected chi connectivity index (χ0v) is 14.5. The molecule has 0 spiro atoms. The van der Waals surface area contributed by atoms with Crippen molar-refractivity contribution in [3.63, 3.8) is 0 Å². The third-order valence-electron chi connectivity index (χ3n) is 3.90. The van der Waals surface area contributed by atoms with Crippen LogP contribution in [0.1, 0.15) is 6.42 Å². The molecule has 2 amide bonds. The number of amides is 2. The summed E-state index contributed by atoms with van der Waals surface area (Å²) in [5.74, 6) is 0. The SMILES string of the molecule is CSc1ccccc1NC(=O)NCCCn1ccc2ccccc21. The first kappa shape index (κ1) is 16.5. The Kier molecular flexibility index (Phi) is 5.43. The van der Waals surface area contributed by atoms with E-state index in [1.807, 2.05) is 42.7 Å². The molecule has 5 heteroatoms. The summed E-state index contributed by atoms with van der Waals surface area (Å²) in [5, 5.41) is 7.07. The van der Waals surface area contributed by atoms with Gasteiger partial charge in [0, 0.05) is 29.7 Å². The molecule has 0 atom stereocenters. The average Bonchev–Trinajstić information content (AvgIpc) is 3.02. The van der Waals surface area contributed by atoms with Crippen LogP contribution in [0.5, 0.6) is 0 Å². The highest BCUT2D eigenvalue weighted by Gasteiger charge is 2.05. The van der Waals surface area contributed by atoms with Crippen molar-refractivity contribution in [3.8, 4) is 0 Å². The van der Waals surface area contributed by atoms with E-state index in [1.54, 1.807) is 11.8 Å². The van der Waals surface area contributed by atoms with Gasteiger partial charge in [-0.3, -0.25) is 0 Å². The molecule has 0 unspecified atom stereocenters. The molecule has 0 aliphatic heterocycles. The Bertz CT molecular complexity index is 828. The fourth-order valence-corrected chi connectivity index (χ4v) is 3.25. The summed E-state index contributed by atoms with van der Waals surface area (Å²) < 4.78 is 2.22. The fourth-order valence-electron chi connectivity index (χ4n) is 2.70. The number of nitrogens with zero attached hydrogens (tertiary/aromatic N) is 1. The standard InChI is InChI=1S/C19H21N3OS/c1-24-18-10-5-3-8-16(18)21-19(23)20-12-6-13-22-14-11-15-7-2-4-9-17(15)22/h2-5,7-11,14H,6,12-13H2,1H3,(H2,20,21,23). The molecule has 1 heterocycles. The van der Waals surface area contributed by atoms with Crippen LogP contribution in [-0.4, -0.2) is 23.4 Å². The van der Waals surface area contributed by atoms with E-state index in [2.05, 4.69) is 39.6 Å². The largest absolute Gasteiger partial charge is 0.347 e. The molecule has 3 aromatic rings. The highest BCUT2D eigenvalue weighted by atomic mass is 32.2. The minimum Gasteiger partial charge on any atom is -0.347 e. The van der Waals surface area contributed by atoms with Crippen LogP contribution >= 0.6 is 11.8 Å². The van der Waals surface area contributed by atoms with E-state index in [0.717, 1.165) is 23.5 Å². The van der Waals surface area contributed by atoms with Crippen LogP contribution in [0.25, 0.3) is 10.9 Å². The number of rotatable bonds is 6. The van der Waals surface area contributed by atoms with Crippen LogP contribution in [0, 0.1) is 0 Å². The molecule has 2 N–H and O–H groups in total. The monoisotopic (exact) mass is 339 g/mol. The van der Waals surface area contributed by atoms with Crippen molar-refractivity contribution in [3.05, 3.63) is 60.8 Å². The van der Waals surface area contributed by atoms with Gasteiger partial charge in [-0.1, -0.05) is 30.3 Å². The molecular weight excluding hydrogens is 318 g/mol. The van der Waals surface area contributed by atoms with Crippen molar-refractivity contribution in [2.75, 3.05) is 18.1 Å². The highest BCUT2D eigenvalue weighted by Crippen LogP contribution is 2.24. The van der Waals surface area contributed by atoms with Gasteiger partial charge >= 0.3 is 6.03 Å². The lowest BCUT2D eigenvalue weighted by molar-refractivity contribution is 0.252. The van der Waals surface area contributed by atoms with Gasteiger partial charge in [-0.15, -0.1) is 11.8 Å². The topological polar surface area (TPSA) is 46.1 Å². The number of nitrogens with one attached hydrogen (secondary N) is 2. The van der Waals surface area contributed by atoms with E-state index in [9.17, 15) is 4.79 Å². The van der Waals surface area contributed by atoms with Gasteiger partial charge in [0.1, 0.15) is 0 Å². The molecule has 0 saturated carbocycles. The van der Waals surface area contributed by atoms with Crippen molar-refractivity contribution in [2.24, 2.45) is 0 Å². The zero-order chi connectivity index (χ0) is 16.8. The number of hydrogen-bond donors (Lipinski definition) is 2. The van der Waals surface area contributed by atoms with Crippen molar-refractivity contribution in [2.45, 2.75) is 17.9 Å². The predicted octanol–water partition coefficient (Wildman–Crippen LogP) is 4.58. The molecule has 4 nitrogen and oxygen atoms in total. The maximum atomic E-state index is 12.0. The molecule has 1 aromatic heterocycles. The number of fused-ring (bicyclic) bond motifs is 1. The van der Waals surface area contributed by atoms with Gasteiger partial charge in [0.05, 0.1) is 5.69 Å². The zero-order valence-electron chi connectivity index (χ0n) is 13.7. The molecular formula is C19H21N3OS. The maximum Gasteiger partial charge on any atom is 0.319 e. The third-order valence-corrected chi connectivity index (χ3v) is 4.69. The van der Waals surface area contributed by atoms with Crippen molar-refractivity contribution in [1.29, 1.82) is 0 Å². The van der Waals surface area contributed by atoms with Crippen LogP contribution in [0.15, 0.2) is 65.7 Å². The maximum absolute atomic E-state index is 12.0. The minimum atomic E-state index is -0.158. The number of para-hydroxylation sites is 2. The molecule has 0 aliphatic carbocycles. The Morgan fingerprint density at radius 1 is 1.08 bits per heavy atom. The van der Waals surface area contributed by atoms with Crippen LogP contribution in [-0.2, 0) is 6.54 Å². The van der Waals surface area contributed by atoms with Gasteiger partial charge in [-0.05, 0) is 42.3 Å². The van der Waals surface area contributed by atoms with Crippen LogP contribution in [0.3, 0.4) is 0 Å². The fraction of sp³-hybridized carbons (Fsp3) is 0.211. The number of aryl methyl sites for hydroxylation is 1. The van der Waals surface area contributed by atoms with Gasteiger partial charge < -0.3 is 15.2 Å². The van der Waals surface area contributed by atoms with E-state index in [4.69, 9.17) is 0 Å². The van der Waals surface area contributed by atoms with E-state index in [0.29, 0.717) is 6.54 Å². The van der Waals surface area contributed by atoms with Gasteiger partial charge in [0.15, 0.2) is 0 Å². The molecule has 2 aromatic carbocycles. The van der Waals surface area contributed by atoms with Crippen LogP contribution in [0.4, 0.5) is 10.5 Å². The number of carbonyl (C=O) groups excluding carboxylic acids is 1. The smallest absolute Gasteiger partial charge is 0.319 e. The molecule has 0 radical (unpaired) electrons. The summed E-state index contributed by atoms with van der Waals surface area (Å²) in [6.07, 6.45) is 4.98. The summed E-state index contributed by atoms with van der Waals surface area (Å²) in [5.41, 5.74) is 2.08. The summed E-state index contributed by atoms with van der Waals surface area (Å²) in [6, 6.07) is 18.1. The lowest BCUT2D eigenvalue weighted by atomic mass is 10.2. The Morgan fingerprint density at radius 3 is 2.75 bits per heavy atom. The molecule has 124 valence electrons. The first-order valence-electron chi connectivity index (χ1n) is 7.99. The van der Waals surface area contributed by atoms with E-state index < -0.39 is 0 Å². The number of benzene rings is 2. The van der Waals surface area contributed by atoms with Gasteiger partial charge in [-0.25, -0.2) is 4.79 Å². The van der Waals surface area contributed by atoms with Gasteiger partial charge in [0.25, 0.3) is 0 Å². The van der Waals surface area contributed by atoms with Crippen molar-refractivity contribution in [1.82, 2.24) is 9.88 Å². The van der Waals surface area contributed by atoms with Gasteiger partial charge in [-0.2, -0.15) is 0 Å². The van der Waals surface area contributed by atoms with Gasteiger partial charge in [0.2, 0.25) is 0 Å². The lowest BCUT2D eigenvalue weighted by Gasteiger charge is -2.11. The molecule has 0 fully saturated rings. The number of aromatic nitrogens is 1. The van der Waals surface area contributed by atoms with E-state index >= 15 is 0 Å². The Balaban J connectivity index is 1.47. The summed E-state index contributed by atoms with van der Waals surface area (Å²) in [6.45, 7) is 1.52. The Morgan fingerprint density at radius 2 is 1.88 bits per heavy atom. The molecule has 0 saturated heterocycles. The second-order valence-electron chi connectivity index (χ2n) is 5.50. The Labute approximate surface area is 146 Å². The highest BCUT2D eigenvalue weighted by molar-refractivity contribution is 7.98. The molecule has 0 aliphatic rings. The number of hydrogen-bond acceptors (Lipinski definition) is 2. The second kappa shape index (κ2) is 7.93. The van der Waals surface area contributed by atoms with E-state index in [-0.39, 0.29) is 6.03 Å². The Hall–Kier alpha value is -2.40. The minimum absolute atomic E-state index is 0.158. The summed E-state index contributed by atoms with van der Waals surface area (Å²) in [4.78, 5) is 13.1. The molecule has 3 rings (SSSR count). The quantitative estimate of drug-likeness (QED) is 0.510. The number of carbonyl (C=O) groups is 1. The average molecular weight is 339 g/mol. The first-order valence-corrected chi connectivity index (χ1v) is 9.22. The second-order valence-corrected chi connectivity index (χ2v) is 6.35. The normalized spacial score (nSPS) is 10.7. The first-order chi connectivity index (χ1) is 11.8.